The molecule has 0 spiro atoms. The van der Waals surface area contributed by atoms with Crippen molar-refractivity contribution >= 4 is 35.8 Å². The SMILES string of the molecule is CN=C(NCCN(C(C)C)C(C)C)NCc1ccc(N2CCCCCC2)nc1.I. The van der Waals surface area contributed by atoms with Crippen molar-refractivity contribution in [3.63, 3.8) is 0 Å². The zero-order valence-electron chi connectivity index (χ0n) is 18.9. The van der Waals surface area contributed by atoms with E-state index < -0.39 is 0 Å². The second-order valence-electron chi connectivity index (χ2n) is 8.20. The molecule has 0 radical (unpaired) electrons. The Hall–Kier alpha value is -1.09. The highest BCUT2D eigenvalue weighted by Gasteiger charge is 2.13. The van der Waals surface area contributed by atoms with E-state index in [0.717, 1.165) is 44.5 Å². The monoisotopic (exact) mass is 516 g/mol. The average Bonchev–Trinajstić information content (AvgIpc) is 2.97. The molecule has 0 saturated carbocycles. The second-order valence-corrected chi connectivity index (χ2v) is 8.20. The molecule has 166 valence electrons. The Morgan fingerprint density at radius 1 is 1.07 bits per heavy atom. The maximum atomic E-state index is 4.69. The average molecular weight is 517 g/mol. The third-order valence-electron chi connectivity index (χ3n) is 5.41. The highest BCUT2D eigenvalue weighted by molar-refractivity contribution is 14.0. The van der Waals surface area contributed by atoms with Crippen LogP contribution < -0.4 is 15.5 Å². The molecule has 1 fully saturated rings. The van der Waals surface area contributed by atoms with Gasteiger partial charge in [0.15, 0.2) is 5.96 Å². The first-order valence-corrected chi connectivity index (χ1v) is 10.9. The van der Waals surface area contributed by atoms with E-state index in [1.807, 2.05) is 13.2 Å². The summed E-state index contributed by atoms with van der Waals surface area (Å²) >= 11 is 0. The van der Waals surface area contributed by atoms with Gasteiger partial charge in [-0.1, -0.05) is 18.9 Å². The second kappa shape index (κ2) is 14.0. The van der Waals surface area contributed by atoms with E-state index in [0.29, 0.717) is 12.1 Å². The lowest BCUT2D eigenvalue weighted by molar-refractivity contribution is 0.178. The third-order valence-corrected chi connectivity index (χ3v) is 5.41. The smallest absolute Gasteiger partial charge is 0.191 e. The van der Waals surface area contributed by atoms with Crippen molar-refractivity contribution < 1.29 is 0 Å². The van der Waals surface area contributed by atoms with Crippen LogP contribution in [0.4, 0.5) is 5.82 Å². The van der Waals surface area contributed by atoms with Crippen LogP contribution in [0.15, 0.2) is 23.3 Å². The molecule has 7 heteroatoms. The van der Waals surface area contributed by atoms with Crippen LogP contribution in [0.3, 0.4) is 0 Å². The molecule has 1 aromatic rings. The van der Waals surface area contributed by atoms with Crippen LogP contribution in [-0.2, 0) is 6.54 Å². The molecule has 0 aromatic carbocycles. The predicted molar refractivity (Wildman–Crippen MR) is 136 cm³/mol. The molecule has 1 aromatic heterocycles. The molecule has 1 aliphatic rings. The largest absolute Gasteiger partial charge is 0.357 e. The number of nitrogens with zero attached hydrogens (tertiary/aromatic N) is 4. The summed E-state index contributed by atoms with van der Waals surface area (Å²) in [4.78, 5) is 13.9. The van der Waals surface area contributed by atoms with Crippen molar-refractivity contribution in [3.8, 4) is 0 Å². The number of halogens is 1. The lowest BCUT2D eigenvalue weighted by Gasteiger charge is -2.30. The molecular weight excluding hydrogens is 475 g/mol. The quantitative estimate of drug-likeness (QED) is 0.312. The van der Waals surface area contributed by atoms with Gasteiger partial charge in [-0.15, -0.1) is 24.0 Å². The molecule has 2 heterocycles. The first-order chi connectivity index (χ1) is 13.5. The van der Waals surface area contributed by atoms with E-state index in [9.17, 15) is 0 Å². The van der Waals surface area contributed by atoms with Crippen molar-refractivity contribution in [2.24, 2.45) is 4.99 Å². The van der Waals surface area contributed by atoms with Crippen LogP contribution >= 0.6 is 24.0 Å². The fraction of sp³-hybridized carbons (Fsp3) is 0.727. The number of pyridine rings is 1. The van der Waals surface area contributed by atoms with Gasteiger partial charge in [0.25, 0.3) is 0 Å². The topological polar surface area (TPSA) is 55.8 Å². The number of aromatic nitrogens is 1. The lowest BCUT2D eigenvalue weighted by Crippen LogP contribution is -2.45. The molecule has 2 rings (SSSR count). The number of nitrogens with one attached hydrogen (secondary N) is 2. The summed E-state index contributed by atoms with van der Waals surface area (Å²) in [5.74, 6) is 1.94. The van der Waals surface area contributed by atoms with Gasteiger partial charge in [-0.2, -0.15) is 0 Å². The van der Waals surface area contributed by atoms with Crippen molar-refractivity contribution in [1.29, 1.82) is 0 Å². The van der Waals surface area contributed by atoms with Gasteiger partial charge in [0.1, 0.15) is 5.82 Å². The summed E-state index contributed by atoms with van der Waals surface area (Å²) in [5, 5.41) is 6.81. The van der Waals surface area contributed by atoms with Gasteiger partial charge in [-0.3, -0.25) is 9.89 Å². The maximum Gasteiger partial charge on any atom is 0.191 e. The predicted octanol–water partition coefficient (Wildman–Crippen LogP) is 3.86. The summed E-state index contributed by atoms with van der Waals surface area (Å²) in [6.07, 6.45) is 7.23. The fourth-order valence-electron chi connectivity index (χ4n) is 3.83. The van der Waals surface area contributed by atoms with E-state index >= 15 is 0 Å². The maximum absolute atomic E-state index is 4.69. The van der Waals surface area contributed by atoms with Crippen molar-refractivity contribution in [1.82, 2.24) is 20.5 Å². The Kier molecular flexibility index (Phi) is 12.5. The first kappa shape index (κ1) is 25.9. The molecular formula is C22H41IN6. The minimum absolute atomic E-state index is 0. The van der Waals surface area contributed by atoms with Gasteiger partial charge in [0, 0.05) is 58.1 Å². The molecule has 0 amide bonds. The number of hydrogen-bond donors (Lipinski definition) is 2. The zero-order chi connectivity index (χ0) is 20.4. The number of aliphatic imine (C=N–C) groups is 1. The van der Waals surface area contributed by atoms with Crippen LogP contribution in [0, 0.1) is 0 Å². The molecule has 0 aliphatic carbocycles. The summed E-state index contributed by atoms with van der Waals surface area (Å²) in [6.45, 7) is 13.8. The van der Waals surface area contributed by atoms with Gasteiger partial charge in [-0.05, 0) is 52.2 Å². The highest BCUT2D eigenvalue weighted by Crippen LogP contribution is 2.17. The van der Waals surface area contributed by atoms with Crippen LogP contribution in [-0.4, -0.2) is 61.2 Å². The van der Waals surface area contributed by atoms with Crippen molar-refractivity contribution in [2.75, 3.05) is 38.1 Å². The third kappa shape index (κ3) is 9.07. The van der Waals surface area contributed by atoms with Gasteiger partial charge < -0.3 is 15.5 Å². The normalized spacial score (nSPS) is 15.4. The molecule has 6 nitrogen and oxygen atoms in total. The Balaban J connectivity index is 0.00000420. The van der Waals surface area contributed by atoms with Crippen LogP contribution in [0.25, 0.3) is 0 Å². The number of guanidine groups is 1. The van der Waals surface area contributed by atoms with E-state index in [-0.39, 0.29) is 24.0 Å². The standard InChI is InChI=1S/C22H40N6.HI/c1-18(2)28(19(3)4)15-12-24-22(23-5)26-17-20-10-11-21(25-16-20)27-13-8-6-7-9-14-27;/h10-11,16,18-19H,6-9,12-15,17H2,1-5H3,(H2,23,24,26);1H. The number of hydrogen-bond acceptors (Lipinski definition) is 4. The number of anilines is 1. The van der Waals surface area contributed by atoms with E-state index in [2.05, 4.69) is 65.3 Å². The fourth-order valence-corrected chi connectivity index (χ4v) is 3.83. The van der Waals surface area contributed by atoms with E-state index in [1.54, 1.807) is 0 Å². The summed E-state index contributed by atoms with van der Waals surface area (Å²) in [7, 11) is 1.82. The Morgan fingerprint density at radius 3 is 2.24 bits per heavy atom. The lowest BCUT2D eigenvalue weighted by atomic mass is 10.2. The summed E-state index contributed by atoms with van der Waals surface area (Å²) in [6, 6.07) is 5.42. The van der Waals surface area contributed by atoms with Crippen molar-refractivity contribution in [3.05, 3.63) is 23.9 Å². The first-order valence-electron chi connectivity index (χ1n) is 10.9. The molecule has 0 atom stereocenters. The Bertz CT molecular complexity index is 571. The molecule has 29 heavy (non-hydrogen) atoms. The van der Waals surface area contributed by atoms with E-state index in [4.69, 9.17) is 4.98 Å². The Labute approximate surface area is 195 Å². The minimum Gasteiger partial charge on any atom is -0.357 e. The minimum atomic E-state index is 0. The van der Waals surface area contributed by atoms with Gasteiger partial charge in [-0.25, -0.2) is 4.98 Å². The molecule has 2 N–H and O–H groups in total. The molecule has 0 unspecified atom stereocenters. The highest BCUT2D eigenvalue weighted by atomic mass is 127. The molecule has 0 bridgehead atoms. The van der Waals surface area contributed by atoms with Crippen LogP contribution in [0.1, 0.15) is 58.9 Å². The summed E-state index contributed by atoms with van der Waals surface area (Å²) < 4.78 is 0. The Morgan fingerprint density at radius 2 is 1.72 bits per heavy atom. The van der Waals surface area contributed by atoms with Gasteiger partial charge in [0.05, 0.1) is 0 Å². The molecule has 1 aliphatic heterocycles. The number of rotatable bonds is 8. The molecule has 1 saturated heterocycles. The van der Waals surface area contributed by atoms with Crippen molar-refractivity contribution in [2.45, 2.75) is 72.0 Å². The van der Waals surface area contributed by atoms with Crippen LogP contribution in [0.2, 0.25) is 0 Å². The van der Waals surface area contributed by atoms with Gasteiger partial charge >= 0.3 is 0 Å². The van der Waals surface area contributed by atoms with E-state index in [1.165, 1.54) is 31.2 Å². The summed E-state index contributed by atoms with van der Waals surface area (Å²) in [5.41, 5.74) is 1.17. The van der Waals surface area contributed by atoms with Gasteiger partial charge in [0.2, 0.25) is 0 Å². The van der Waals surface area contributed by atoms with Crippen LogP contribution in [0.5, 0.6) is 0 Å². The zero-order valence-corrected chi connectivity index (χ0v) is 21.3.